The number of amides is 1. The van der Waals surface area contributed by atoms with Gasteiger partial charge in [-0.25, -0.2) is 4.39 Å². The number of ether oxygens (including phenoxy) is 2. The zero-order chi connectivity index (χ0) is 24.4. The normalized spacial score (nSPS) is 17.2. The number of benzene rings is 3. The molecule has 0 saturated carbocycles. The molecule has 3 aromatic rings. The number of rotatable bonds is 6. The lowest BCUT2D eigenvalue weighted by Gasteiger charge is -2.26. The lowest BCUT2D eigenvalue weighted by atomic mass is 9.94. The third-order valence-corrected chi connectivity index (χ3v) is 5.91. The highest BCUT2D eigenvalue weighted by atomic mass is 19.1. The molecule has 1 unspecified atom stereocenters. The van der Waals surface area contributed by atoms with E-state index in [1.165, 1.54) is 43.4 Å². The molecule has 0 radical (unpaired) electrons. The lowest BCUT2D eigenvalue weighted by molar-refractivity contribution is -0.132. The molecule has 34 heavy (non-hydrogen) atoms. The second kappa shape index (κ2) is 9.39. The smallest absolute Gasteiger partial charge is 0.300 e. The molecule has 0 aromatic heterocycles. The van der Waals surface area contributed by atoms with E-state index in [4.69, 9.17) is 9.47 Å². The number of aliphatic hydroxyl groups excluding tert-OH is 1. The number of anilines is 1. The van der Waals surface area contributed by atoms with Gasteiger partial charge in [0, 0.05) is 17.3 Å². The molecular weight excluding hydrogens is 437 g/mol. The van der Waals surface area contributed by atoms with E-state index in [0.29, 0.717) is 22.7 Å². The van der Waals surface area contributed by atoms with Gasteiger partial charge in [0.2, 0.25) is 0 Å². The summed E-state index contributed by atoms with van der Waals surface area (Å²) in [6.45, 7) is 2.03. The number of aliphatic hydroxyl groups is 1. The molecule has 1 heterocycles. The molecule has 7 heteroatoms. The maximum atomic E-state index is 13.4. The summed E-state index contributed by atoms with van der Waals surface area (Å²) in [6.07, 6.45) is 0.825. The number of hydrogen-bond acceptors (Lipinski definition) is 5. The van der Waals surface area contributed by atoms with Gasteiger partial charge in [-0.2, -0.15) is 0 Å². The van der Waals surface area contributed by atoms with E-state index >= 15 is 0 Å². The summed E-state index contributed by atoms with van der Waals surface area (Å²) in [5.74, 6) is -1.61. The molecule has 1 aliphatic rings. The number of halogens is 1. The molecule has 3 aromatic carbocycles. The monoisotopic (exact) mass is 461 g/mol. The highest BCUT2D eigenvalue weighted by Crippen LogP contribution is 2.44. The molecule has 0 aliphatic carbocycles. The van der Waals surface area contributed by atoms with E-state index < -0.39 is 23.5 Å². The minimum absolute atomic E-state index is 0.0735. The molecule has 4 rings (SSSR count). The number of carbonyl (C=O) groups is 2. The number of methoxy groups -OCH3 is 2. The Morgan fingerprint density at radius 3 is 2.18 bits per heavy atom. The summed E-state index contributed by atoms with van der Waals surface area (Å²) in [7, 11) is 2.98. The minimum atomic E-state index is -0.894. The highest BCUT2D eigenvalue weighted by Gasteiger charge is 2.47. The Balaban J connectivity index is 1.93. The SMILES string of the molecule is CCc1ccc(C2/C(=C(\O)c3ccc(F)cc3)C(=O)C(=O)N2c2ccc(OC)c(OC)c2)cc1. The molecule has 0 spiro atoms. The van der Waals surface area contributed by atoms with Gasteiger partial charge >= 0.3 is 0 Å². The van der Waals surface area contributed by atoms with Crippen molar-refractivity contribution in [2.24, 2.45) is 0 Å². The first-order chi connectivity index (χ1) is 16.4. The molecular formula is C27H24FNO5. The summed E-state index contributed by atoms with van der Waals surface area (Å²) in [6, 6.07) is 16.6. The van der Waals surface area contributed by atoms with Crippen molar-refractivity contribution in [3.8, 4) is 11.5 Å². The van der Waals surface area contributed by atoms with Crippen molar-refractivity contribution >= 4 is 23.1 Å². The van der Waals surface area contributed by atoms with Crippen LogP contribution in [0.2, 0.25) is 0 Å². The standard InChI is InChI=1S/C27H24FNO5/c1-4-16-5-7-17(8-6-16)24-23(25(30)18-9-11-19(28)12-10-18)26(31)27(32)29(24)20-13-14-21(33-2)22(15-20)34-3/h5-15,24,30H,4H2,1-3H3/b25-23+. The minimum Gasteiger partial charge on any atom is -0.507 e. The Kier molecular flexibility index (Phi) is 6.36. The fourth-order valence-electron chi connectivity index (χ4n) is 4.09. The van der Waals surface area contributed by atoms with Crippen LogP contribution in [0.4, 0.5) is 10.1 Å². The maximum absolute atomic E-state index is 13.4. The van der Waals surface area contributed by atoms with E-state index in [-0.39, 0.29) is 16.9 Å². The van der Waals surface area contributed by atoms with Crippen LogP contribution in [0.25, 0.3) is 5.76 Å². The summed E-state index contributed by atoms with van der Waals surface area (Å²) in [5.41, 5.74) is 2.31. The number of nitrogens with zero attached hydrogens (tertiary/aromatic N) is 1. The van der Waals surface area contributed by atoms with Gasteiger partial charge in [-0.15, -0.1) is 0 Å². The Morgan fingerprint density at radius 2 is 1.59 bits per heavy atom. The first-order valence-corrected chi connectivity index (χ1v) is 10.8. The van der Waals surface area contributed by atoms with Crippen molar-refractivity contribution in [3.63, 3.8) is 0 Å². The van der Waals surface area contributed by atoms with Crippen LogP contribution in [-0.4, -0.2) is 31.0 Å². The van der Waals surface area contributed by atoms with Crippen molar-refractivity contribution in [2.75, 3.05) is 19.1 Å². The van der Waals surface area contributed by atoms with Gasteiger partial charge < -0.3 is 14.6 Å². The Hall–Kier alpha value is -4.13. The Labute approximate surface area is 196 Å². The Morgan fingerprint density at radius 1 is 0.941 bits per heavy atom. The van der Waals surface area contributed by atoms with Crippen molar-refractivity contribution in [1.82, 2.24) is 0 Å². The zero-order valence-electron chi connectivity index (χ0n) is 19.0. The van der Waals surface area contributed by atoms with Crippen molar-refractivity contribution in [2.45, 2.75) is 19.4 Å². The fraction of sp³-hybridized carbons (Fsp3) is 0.185. The molecule has 6 nitrogen and oxygen atoms in total. The molecule has 1 N–H and O–H groups in total. The third kappa shape index (κ3) is 4.01. The number of ketones is 1. The quantitative estimate of drug-likeness (QED) is 0.317. The zero-order valence-corrected chi connectivity index (χ0v) is 19.0. The van der Waals surface area contributed by atoms with E-state index in [1.807, 2.05) is 31.2 Å². The van der Waals surface area contributed by atoms with Crippen LogP contribution >= 0.6 is 0 Å². The lowest BCUT2D eigenvalue weighted by Crippen LogP contribution is -2.29. The predicted octanol–water partition coefficient (Wildman–Crippen LogP) is 5.03. The number of aryl methyl sites for hydroxylation is 1. The first kappa shape index (κ1) is 23.0. The van der Waals surface area contributed by atoms with E-state index in [2.05, 4.69) is 0 Å². The fourth-order valence-corrected chi connectivity index (χ4v) is 4.09. The summed E-state index contributed by atoms with van der Waals surface area (Å²) >= 11 is 0. The van der Waals surface area contributed by atoms with Crippen LogP contribution in [0, 0.1) is 5.82 Å². The number of carbonyl (C=O) groups excluding carboxylic acids is 2. The number of hydrogen-bond donors (Lipinski definition) is 1. The van der Waals surface area contributed by atoms with Gasteiger partial charge in [-0.1, -0.05) is 31.2 Å². The molecule has 1 atom stereocenters. The van der Waals surface area contributed by atoms with Crippen LogP contribution in [-0.2, 0) is 16.0 Å². The van der Waals surface area contributed by atoms with Crippen molar-refractivity contribution in [3.05, 3.63) is 94.8 Å². The maximum Gasteiger partial charge on any atom is 0.300 e. The summed E-state index contributed by atoms with van der Waals surface area (Å²) < 4.78 is 24.1. The molecule has 174 valence electrons. The van der Waals surface area contributed by atoms with E-state index in [0.717, 1.165) is 12.0 Å². The predicted molar refractivity (Wildman–Crippen MR) is 127 cm³/mol. The van der Waals surface area contributed by atoms with Crippen LogP contribution < -0.4 is 14.4 Å². The van der Waals surface area contributed by atoms with Crippen LogP contribution in [0.3, 0.4) is 0 Å². The largest absolute Gasteiger partial charge is 0.507 e. The summed E-state index contributed by atoms with van der Waals surface area (Å²) in [5, 5.41) is 11.1. The average molecular weight is 461 g/mol. The van der Waals surface area contributed by atoms with E-state index in [1.54, 1.807) is 18.2 Å². The average Bonchev–Trinajstić information content (AvgIpc) is 3.13. The highest BCUT2D eigenvalue weighted by molar-refractivity contribution is 6.51. The topological polar surface area (TPSA) is 76.1 Å². The van der Waals surface area contributed by atoms with Gasteiger partial charge in [0.05, 0.1) is 25.8 Å². The van der Waals surface area contributed by atoms with E-state index in [9.17, 15) is 19.1 Å². The Bertz CT molecular complexity index is 1270. The molecule has 0 bridgehead atoms. The summed E-state index contributed by atoms with van der Waals surface area (Å²) in [4.78, 5) is 27.8. The first-order valence-electron chi connectivity index (χ1n) is 10.8. The van der Waals surface area contributed by atoms with Crippen LogP contribution in [0.15, 0.2) is 72.3 Å². The molecule has 1 fully saturated rings. The van der Waals surface area contributed by atoms with Crippen molar-refractivity contribution < 1.29 is 28.6 Å². The van der Waals surface area contributed by atoms with Gasteiger partial charge in [-0.05, 0) is 53.9 Å². The second-order valence-electron chi connectivity index (χ2n) is 7.81. The molecule has 1 amide bonds. The molecule has 1 saturated heterocycles. The van der Waals surface area contributed by atoms with Gasteiger partial charge in [0.1, 0.15) is 11.6 Å². The van der Waals surface area contributed by atoms with Gasteiger partial charge in [-0.3, -0.25) is 14.5 Å². The van der Waals surface area contributed by atoms with Gasteiger partial charge in [0.15, 0.2) is 11.5 Å². The van der Waals surface area contributed by atoms with Gasteiger partial charge in [0.25, 0.3) is 11.7 Å². The van der Waals surface area contributed by atoms with Crippen LogP contribution in [0.1, 0.15) is 29.7 Å². The van der Waals surface area contributed by atoms with Crippen molar-refractivity contribution in [1.29, 1.82) is 0 Å². The number of Topliss-reactive ketones (excluding diaryl/α,β-unsaturated/α-hetero) is 1. The van der Waals surface area contributed by atoms with Crippen LogP contribution in [0.5, 0.6) is 11.5 Å². The second-order valence-corrected chi connectivity index (χ2v) is 7.81. The third-order valence-electron chi connectivity index (χ3n) is 5.91. The molecule has 1 aliphatic heterocycles.